The second-order valence-electron chi connectivity index (χ2n) is 5.14. The van der Waals surface area contributed by atoms with Gasteiger partial charge in [0, 0.05) is 36.5 Å². The Bertz CT molecular complexity index is 595. The predicted octanol–water partition coefficient (Wildman–Crippen LogP) is 1.36. The number of carbonyl (C=O) groups excluding carboxylic acids is 1. The van der Waals surface area contributed by atoms with Crippen LogP contribution in [-0.2, 0) is 11.3 Å². The molecule has 6 nitrogen and oxygen atoms in total. The molecule has 0 aromatic carbocycles. The number of nitrogens with zero attached hydrogens (tertiary/aromatic N) is 3. The fourth-order valence-corrected chi connectivity index (χ4v) is 2.60. The van der Waals surface area contributed by atoms with Crippen LogP contribution in [0, 0.1) is 0 Å². The first-order valence-corrected chi connectivity index (χ1v) is 6.68. The monoisotopic (exact) mass is 271 g/mol. The Morgan fingerprint density at radius 1 is 1.55 bits per heavy atom. The number of H-pyrrole nitrogens is 1. The number of carbonyl (C=O) groups is 1. The molecule has 3 heterocycles. The van der Waals surface area contributed by atoms with Crippen molar-refractivity contribution in [2.24, 2.45) is 0 Å². The maximum absolute atomic E-state index is 12.0. The fraction of sp³-hybridized carbons (Fsp3) is 0.357. The Labute approximate surface area is 117 Å². The zero-order valence-electron chi connectivity index (χ0n) is 11.3. The van der Waals surface area contributed by atoms with Gasteiger partial charge in [0.1, 0.15) is 5.82 Å². The summed E-state index contributed by atoms with van der Waals surface area (Å²) in [6.45, 7) is 4.11. The standard InChI is InChI=1S/C14H17N5O/c1-10-7-19(8-11-6-16-18-14(10)11)9-13(20)17-12-4-2-3-5-15-12/h2-6,10H,7-9H2,1H3,(H,16,18)(H,15,17,20). The number of aromatic nitrogens is 3. The van der Waals surface area contributed by atoms with Gasteiger partial charge in [0.25, 0.3) is 0 Å². The Kier molecular flexibility index (Phi) is 3.47. The molecule has 1 atom stereocenters. The fourth-order valence-electron chi connectivity index (χ4n) is 2.60. The summed E-state index contributed by atoms with van der Waals surface area (Å²) in [4.78, 5) is 18.2. The summed E-state index contributed by atoms with van der Waals surface area (Å²) in [7, 11) is 0. The average Bonchev–Trinajstić information content (AvgIpc) is 2.88. The molecular weight excluding hydrogens is 254 g/mol. The van der Waals surface area contributed by atoms with E-state index in [2.05, 4.69) is 32.3 Å². The van der Waals surface area contributed by atoms with Crippen molar-refractivity contribution < 1.29 is 4.79 Å². The summed E-state index contributed by atoms with van der Waals surface area (Å²) in [5.41, 5.74) is 2.36. The molecule has 0 fully saturated rings. The lowest BCUT2D eigenvalue weighted by molar-refractivity contribution is -0.117. The number of aromatic amines is 1. The van der Waals surface area contributed by atoms with Gasteiger partial charge in [-0.2, -0.15) is 5.10 Å². The summed E-state index contributed by atoms with van der Waals surface area (Å²) in [6, 6.07) is 5.46. The van der Waals surface area contributed by atoms with Gasteiger partial charge < -0.3 is 5.32 Å². The highest BCUT2D eigenvalue weighted by Crippen LogP contribution is 2.25. The molecule has 2 aromatic rings. The minimum atomic E-state index is -0.0390. The van der Waals surface area contributed by atoms with E-state index in [1.54, 1.807) is 12.3 Å². The molecule has 2 aromatic heterocycles. The summed E-state index contributed by atoms with van der Waals surface area (Å²) in [6.07, 6.45) is 3.50. The lowest BCUT2D eigenvalue weighted by Crippen LogP contribution is -2.38. The van der Waals surface area contributed by atoms with Crippen LogP contribution in [0.1, 0.15) is 24.1 Å². The molecule has 1 unspecified atom stereocenters. The van der Waals surface area contributed by atoms with Gasteiger partial charge in [-0.15, -0.1) is 0 Å². The quantitative estimate of drug-likeness (QED) is 0.884. The number of amides is 1. The maximum Gasteiger partial charge on any atom is 0.239 e. The Morgan fingerprint density at radius 2 is 2.45 bits per heavy atom. The van der Waals surface area contributed by atoms with Crippen LogP contribution in [-0.4, -0.2) is 39.1 Å². The molecule has 3 rings (SSSR count). The van der Waals surface area contributed by atoms with Gasteiger partial charge in [0.05, 0.1) is 12.7 Å². The smallest absolute Gasteiger partial charge is 0.239 e. The Hall–Kier alpha value is -2.21. The van der Waals surface area contributed by atoms with Crippen LogP contribution in [0.25, 0.3) is 0 Å². The van der Waals surface area contributed by atoms with Crippen molar-refractivity contribution >= 4 is 11.7 Å². The van der Waals surface area contributed by atoms with Crippen molar-refractivity contribution in [1.82, 2.24) is 20.1 Å². The molecule has 1 amide bonds. The van der Waals surface area contributed by atoms with Crippen LogP contribution in [0.4, 0.5) is 5.82 Å². The summed E-state index contributed by atoms with van der Waals surface area (Å²) >= 11 is 0. The summed E-state index contributed by atoms with van der Waals surface area (Å²) in [5.74, 6) is 0.915. The van der Waals surface area contributed by atoms with Gasteiger partial charge in [0.15, 0.2) is 0 Å². The molecular formula is C14H17N5O. The molecule has 20 heavy (non-hydrogen) atoms. The number of hydrogen-bond donors (Lipinski definition) is 2. The number of nitrogens with one attached hydrogen (secondary N) is 2. The van der Waals surface area contributed by atoms with Crippen molar-refractivity contribution in [1.29, 1.82) is 0 Å². The van der Waals surface area contributed by atoms with Gasteiger partial charge in [-0.1, -0.05) is 13.0 Å². The van der Waals surface area contributed by atoms with E-state index in [-0.39, 0.29) is 5.91 Å². The van der Waals surface area contributed by atoms with E-state index in [1.165, 1.54) is 11.3 Å². The van der Waals surface area contributed by atoms with Crippen LogP contribution >= 0.6 is 0 Å². The molecule has 0 radical (unpaired) electrons. The highest BCUT2D eigenvalue weighted by atomic mass is 16.2. The van der Waals surface area contributed by atoms with E-state index in [1.807, 2.05) is 18.3 Å². The lowest BCUT2D eigenvalue weighted by Gasteiger charge is -2.29. The number of anilines is 1. The molecule has 1 aliphatic heterocycles. The highest BCUT2D eigenvalue weighted by Gasteiger charge is 2.25. The molecule has 1 aliphatic rings. The van der Waals surface area contributed by atoms with Gasteiger partial charge in [-0.05, 0) is 12.1 Å². The van der Waals surface area contributed by atoms with E-state index >= 15 is 0 Å². The van der Waals surface area contributed by atoms with Crippen LogP contribution in [0.5, 0.6) is 0 Å². The molecule has 0 aliphatic carbocycles. The predicted molar refractivity (Wildman–Crippen MR) is 75.1 cm³/mol. The van der Waals surface area contributed by atoms with Crippen molar-refractivity contribution in [3.05, 3.63) is 41.9 Å². The van der Waals surface area contributed by atoms with Crippen molar-refractivity contribution in [3.63, 3.8) is 0 Å². The van der Waals surface area contributed by atoms with E-state index in [0.717, 1.165) is 13.1 Å². The first kappa shape index (κ1) is 12.8. The van der Waals surface area contributed by atoms with Crippen molar-refractivity contribution in [3.8, 4) is 0 Å². The molecule has 0 bridgehead atoms. The largest absolute Gasteiger partial charge is 0.310 e. The van der Waals surface area contributed by atoms with Crippen molar-refractivity contribution in [2.45, 2.75) is 19.4 Å². The average molecular weight is 271 g/mol. The minimum Gasteiger partial charge on any atom is -0.310 e. The number of hydrogen-bond acceptors (Lipinski definition) is 4. The van der Waals surface area contributed by atoms with Gasteiger partial charge in [0.2, 0.25) is 5.91 Å². The van der Waals surface area contributed by atoms with Crippen LogP contribution < -0.4 is 5.32 Å². The SMILES string of the molecule is CC1CN(CC(=O)Nc2ccccn2)Cc2cn[nH]c21. The Morgan fingerprint density at radius 3 is 3.25 bits per heavy atom. The second-order valence-corrected chi connectivity index (χ2v) is 5.14. The van der Waals surface area contributed by atoms with E-state index in [0.29, 0.717) is 18.3 Å². The number of pyridine rings is 1. The molecule has 0 spiro atoms. The summed E-state index contributed by atoms with van der Waals surface area (Å²) < 4.78 is 0. The molecule has 0 saturated carbocycles. The third-order valence-corrected chi connectivity index (χ3v) is 3.47. The van der Waals surface area contributed by atoms with E-state index in [4.69, 9.17) is 0 Å². The van der Waals surface area contributed by atoms with Crippen LogP contribution in [0.2, 0.25) is 0 Å². The molecule has 0 saturated heterocycles. The lowest BCUT2D eigenvalue weighted by atomic mass is 9.98. The van der Waals surface area contributed by atoms with Crippen molar-refractivity contribution in [2.75, 3.05) is 18.4 Å². The zero-order chi connectivity index (χ0) is 13.9. The molecule has 6 heteroatoms. The van der Waals surface area contributed by atoms with E-state index in [9.17, 15) is 4.79 Å². The first-order valence-electron chi connectivity index (χ1n) is 6.68. The second kappa shape index (κ2) is 5.42. The first-order chi connectivity index (χ1) is 9.72. The van der Waals surface area contributed by atoms with E-state index < -0.39 is 0 Å². The van der Waals surface area contributed by atoms with Gasteiger partial charge in [-0.3, -0.25) is 14.8 Å². The molecule has 2 N–H and O–H groups in total. The number of rotatable bonds is 3. The third-order valence-electron chi connectivity index (χ3n) is 3.47. The maximum atomic E-state index is 12.0. The van der Waals surface area contributed by atoms with Gasteiger partial charge in [-0.25, -0.2) is 4.98 Å². The normalized spacial score (nSPS) is 18.6. The third kappa shape index (κ3) is 2.70. The highest BCUT2D eigenvalue weighted by molar-refractivity contribution is 5.91. The Balaban J connectivity index is 1.60. The van der Waals surface area contributed by atoms with Crippen LogP contribution in [0.3, 0.4) is 0 Å². The zero-order valence-corrected chi connectivity index (χ0v) is 11.3. The number of fused-ring (bicyclic) bond motifs is 1. The molecule has 104 valence electrons. The minimum absolute atomic E-state index is 0.0390. The van der Waals surface area contributed by atoms with Gasteiger partial charge >= 0.3 is 0 Å². The topological polar surface area (TPSA) is 73.9 Å². The summed E-state index contributed by atoms with van der Waals surface area (Å²) in [5, 5.41) is 9.91. The van der Waals surface area contributed by atoms with Crippen LogP contribution in [0.15, 0.2) is 30.6 Å².